The van der Waals surface area contributed by atoms with Gasteiger partial charge in [0.2, 0.25) is 0 Å². The van der Waals surface area contributed by atoms with Crippen molar-refractivity contribution in [3.63, 3.8) is 0 Å². The van der Waals surface area contributed by atoms with Crippen molar-refractivity contribution in [2.75, 3.05) is 0 Å². The normalized spacial score (nSPS) is 9.43. The van der Waals surface area contributed by atoms with E-state index in [4.69, 9.17) is 0 Å². The van der Waals surface area contributed by atoms with Crippen LogP contribution in [-0.2, 0) is 0 Å². The molecule has 0 N–H and O–H groups in total. The Labute approximate surface area is 172 Å². The SMILES string of the molecule is CC.CC.CC.Cc1ccc(-c2c3ccccc3c(C)c3ccccc23)cc1. The summed E-state index contributed by atoms with van der Waals surface area (Å²) in [7, 11) is 0. The number of benzene rings is 4. The molecule has 4 aromatic carbocycles. The first kappa shape index (κ1) is 23.4. The van der Waals surface area contributed by atoms with E-state index in [1.165, 1.54) is 43.8 Å². The Bertz CT molecular complexity index is 919. The standard InChI is InChI=1S/C22H18.3C2H6/c1-15-11-13-17(14-12-15)22-20-9-5-3-7-18(20)16(2)19-8-4-6-10-21(19)22;3*1-2/h3-14H,1-2H3;3*1-2H3. The first-order chi connectivity index (χ1) is 13.8. The molecule has 0 heterocycles. The van der Waals surface area contributed by atoms with E-state index < -0.39 is 0 Å². The Balaban J connectivity index is 0.000000599. The average molecular weight is 373 g/mol. The van der Waals surface area contributed by atoms with Crippen LogP contribution < -0.4 is 0 Å². The molecule has 0 atom stereocenters. The molecule has 4 rings (SSSR count). The minimum Gasteiger partial charge on any atom is -0.0683 e. The zero-order chi connectivity index (χ0) is 21.1. The van der Waals surface area contributed by atoms with Gasteiger partial charge in [-0.05, 0) is 52.1 Å². The first-order valence-corrected chi connectivity index (χ1v) is 10.7. The molecule has 0 aliphatic rings. The van der Waals surface area contributed by atoms with E-state index in [1.54, 1.807) is 0 Å². The fourth-order valence-corrected chi connectivity index (χ4v) is 3.38. The van der Waals surface area contributed by atoms with Crippen molar-refractivity contribution in [2.45, 2.75) is 55.4 Å². The topological polar surface area (TPSA) is 0 Å². The Hall–Kier alpha value is -2.60. The van der Waals surface area contributed by atoms with Crippen LogP contribution in [0.4, 0.5) is 0 Å². The molecule has 28 heavy (non-hydrogen) atoms. The van der Waals surface area contributed by atoms with Crippen molar-refractivity contribution < 1.29 is 0 Å². The van der Waals surface area contributed by atoms with Gasteiger partial charge in [0.15, 0.2) is 0 Å². The zero-order valence-electron chi connectivity index (χ0n) is 18.9. The van der Waals surface area contributed by atoms with Crippen LogP contribution in [0.2, 0.25) is 0 Å². The third-order valence-electron chi connectivity index (χ3n) is 4.54. The van der Waals surface area contributed by atoms with E-state index in [9.17, 15) is 0 Å². The minimum atomic E-state index is 1.29. The molecule has 0 spiro atoms. The molecular weight excluding hydrogens is 336 g/mol. The highest BCUT2D eigenvalue weighted by atomic mass is 14.2. The summed E-state index contributed by atoms with van der Waals surface area (Å²) in [6.07, 6.45) is 0. The van der Waals surface area contributed by atoms with Crippen molar-refractivity contribution >= 4 is 21.5 Å². The van der Waals surface area contributed by atoms with E-state index in [2.05, 4.69) is 86.6 Å². The van der Waals surface area contributed by atoms with Crippen LogP contribution in [0.5, 0.6) is 0 Å². The van der Waals surface area contributed by atoms with Gasteiger partial charge >= 0.3 is 0 Å². The lowest BCUT2D eigenvalue weighted by Gasteiger charge is -2.15. The van der Waals surface area contributed by atoms with Crippen LogP contribution in [0.15, 0.2) is 72.8 Å². The third kappa shape index (κ3) is 4.81. The summed E-state index contributed by atoms with van der Waals surface area (Å²) in [4.78, 5) is 0. The van der Waals surface area contributed by atoms with Gasteiger partial charge in [-0.1, -0.05) is 120 Å². The molecule has 0 radical (unpaired) electrons. The zero-order valence-corrected chi connectivity index (χ0v) is 18.9. The summed E-state index contributed by atoms with van der Waals surface area (Å²) in [5.74, 6) is 0. The maximum absolute atomic E-state index is 2.24. The molecule has 0 unspecified atom stereocenters. The minimum absolute atomic E-state index is 1.29. The summed E-state index contributed by atoms with van der Waals surface area (Å²) < 4.78 is 0. The highest BCUT2D eigenvalue weighted by Crippen LogP contribution is 2.38. The van der Waals surface area contributed by atoms with Crippen LogP contribution in [-0.4, -0.2) is 0 Å². The summed E-state index contributed by atoms with van der Waals surface area (Å²) in [5.41, 5.74) is 5.29. The molecule has 0 nitrogen and oxygen atoms in total. The third-order valence-corrected chi connectivity index (χ3v) is 4.54. The average Bonchev–Trinajstić information content (AvgIpc) is 2.79. The fourth-order valence-electron chi connectivity index (χ4n) is 3.38. The fraction of sp³-hybridized carbons (Fsp3) is 0.286. The lowest BCUT2D eigenvalue weighted by atomic mass is 9.89. The summed E-state index contributed by atoms with van der Waals surface area (Å²) in [6, 6.07) is 26.3. The van der Waals surface area contributed by atoms with Gasteiger partial charge in [-0.3, -0.25) is 0 Å². The number of hydrogen-bond donors (Lipinski definition) is 0. The quantitative estimate of drug-likeness (QED) is 0.292. The predicted octanol–water partition coefficient (Wildman–Crippen LogP) is 9.36. The van der Waals surface area contributed by atoms with Crippen LogP contribution in [0, 0.1) is 13.8 Å². The summed E-state index contributed by atoms with van der Waals surface area (Å²) >= 11 is 0. The molecule has 0 bridgehead atoms. The number of aryl methyl sites for hydroxylation is 2. The van der Waals surface area contributed by atoms with Gasteiger partial charge < -0.3 is 0 Å². The Morgan fingerprint density at radius 1 is 0.429 bits per heavy atom. The van der Waals surface area contributed by atoms with Gasteiger partial charge in [0.25, 0.3) is 0 Å². The molecule has 4 aromatic rings. The van der Waals surface area contributed by atoms with Crippen LogP contribution in [0.1, 0.15) is 52.7 Å². The molecule has 0 amide bonds. The van der Waals surface area contributed by atoms with Gasteiger partial charge in [0, 0.05) is 0 Å². The van der Waals surface area contributed by atoms with Gasteiger partial charge in [-0.15, -0.1) is 0 Å². The molecule has 148 valence electrons. The van der Waals surface area contributed by atoms with Crippen molar-refractivity contribution in [1.29, 1.82) is 0 Å². The Kier molecular flexibility index (Phi) is 10.0. The predicted molar refractivity (Wildman–Crippen MR) is 130 cm³/mol. The molecule has 0 aromatic heterocycles. The van der Waals surface area contributed by atoms with Crippen LogP contribution in [0.3, 0.4) is 0 Å². The molecule has 0 saturated heterocycles. The van der Waals surface area contributed by atoms with Crippen molar-refractivity contribution in [1.82, 2.24) is 0 Å². The second kappa shape index (κ2) is 12.0. The van der Waals surface area contributed by atoms with Gasteiger partial charge in [-0.2, -0.15) is 0 Å². The van der Waals surface area contributed by atoms with E-state index in [0.717, 1.165) is 0 Å². The second-order valence-corrected chi connectivity index (χ2v) is 5.96. The lowest BCUT2D eigenvalue weighted by molar-refractivity contribution is 1.47. The largest absolute Gasteiger partial charge is 0.0683 e. The van der Waals surface area contributed by atoms with Crippen molar-refractivity contribution in [2.24, 2.45) is 0 Å². The van der Waals surface area contributed by atoms with Gasteiger partial charge in [-0.25, -0.2) is 0 Å². The molecule has 0 heteroatoms. The number of hydrogen-bond acceptors (Lipinski definition) is 0. The Morgan fingerprint density at radius 3 is 1.18 bits per heavy atom. The second-order valence-electron chi connectivity index (χ2n) is 5.96. The summed E-state index contributed by atoms with van der Waals surface area (Å²) in [5, 5.41) is 5.36. The lowest BCUT2D eigenvalue weighted by Crippen LogP contribution is -1.89. The van der Waals surface area contributed by atoms with E-state index in [-0.39, 0.29) is 0 Å². The highest BCUT2D eigenvalue weighted by Gasteiger charge is 2.12. The molecule has 0 aliphatic carbocycles. The van der Waals surface area contributed by atoms with E-state index in [1.807, 2.05) is 41.5 Å². The smallest absolute Gasteiger partial charge is 0.00266 e. The van der Waals surface area contributed by atoms with Crippen molar-refractivity contribution in [3.8, 4) is 11.1 Å². The van der Waals surface area contributed by atoms with Crippen LogP contribution >= 0.6 is 0 Å². The molecule has 0 saturated carbocycles. The summed E-state index contributed by atoms with van der Waals surface area (Å²) in [6.45, 7) is 16.4. The molecular formula is C28H36. The maximum atomic E-state index is 2.24. The maximum Gasteiger partial charge on any atom is -0.00266 e. The van der Waals surface area contributed by atoms with Crippen molar-refractivity contribution in [3.05, 3.63) is 83.9 Å². The van der Waals surface area contributed by atoms with Gasteiger partial charge in [0.05, 0.1) is 0 Å². The van der Waals surface area contributed by atoms with Gasteiger partial charge in [0.1, 0.15) is 0 Å². The van der Waals surface area contributed by atoms with E-state index >= 15 is 0 Å². The Morgan fingerprint density at radius 2 is 0.786 bits per heavy atom. The monoisotopic (exact) mass is 372 g/mol. The van der Waals surface area contributed by atoms with E-state index in [0.29, 0.717) is 0 Å². The highest BCUT2D eigenvalue weighted by molar-refractivity contribution is 6.14. The number of fused-ring (bicyclic) bond motifs is 2. The molecule has 0 aliphatic heterocycles. The molecule has 0 fully saturated rings. The number of rotatable bonds is 1. The first-order valence-electron chi connectivity index (χ1n) is 10.7. The van der Waals surface area contributed by atoms with Crippen LogP contribution in [0.25, 0.3) is 32.7 Å².